The van der Waals surface area contributed by atoms with E-state index in [1.165, 1.54) is 0 Å². The molecule has 42 heavy (non-hydrogen) atoms. The number of amides is 2. The third-order valence-corrected chi connectivity index (χ3v) is 8.21. The van der Waals surface area contributed by atoms with Crippen LogP contribution in [0.25, 0.3) is 0 Å². The summed E-state index contributed by atoms with van der Waals surface area (Å²) in [5.74, 6) is -2.08. The molecule has 1 saturated heterocycles. The van der Waals surface area contributed by atoms with Crippen molar-refractivity contribution in [1.82, 2.24) is 4.90 Å². The van der Waals surface area contributed by atoms with Crippen molar-refractivity contribution in [3.8, 4) is 17.2 Å². The average molecular weight is 589 g/mol. The molecular weight excluding hydrogens is 546 g/mol. The van der Waals surface area contributed by atoms with Gasteiger partial charge in [-0.15, -0.1) is 0 Å². The number of hydrogen-bond donors (Lipinski definition) is 3. The quantitative estimate of drug-likeness (QED) is 0.286. The number of ether oxygens (including phenoxy) is 2. The molecule has 8 nitrogen and oxygen atoms in total. The number of nitrogens with zero attached hydrogens (tertiary/aromatic N) is 1. The molecule has 1 aliphatic carbocycles. The molecule has 2 fully saturated rings. The molecule has 2 aromatic rings. The number of carboxylic acid groups (broad SMARTS) is 1. The number of benzene rings is 2. The zero-order valence-electron chi connectivity index (χ0n) is 24.8. The van der Waals surface area contributed by atoms with Gasteiger partial charge in [0.1, 0.15) is 17.2 Å². The second kappa shape index (κ2) is 12.5. The molecular formula is C32H42F2N2O6. The smallest absolute Gasteiger partial charge is 0.321 e. The summed E-state index contributed by atoms with van der Waals surface area (Å²) in [6.45, 7) is 8.21. The standard InChI is InChI=1S/C32H42F2N2O6/c1-21(2)20-31(40)13-15-36(16-14-31)29(39)35-23-17-26(19-27(18-23)42-25-9-11-32(33,34)12-10-25)41-24-7-5-22(6-8-24)30(3,4)28(37)38/h5-8,17-19,21,25,40H,9-16,20H2,1-4H3,(H,35,39)(H,37,38). The average Bonchev–Trinajstić information content (AvgIpc) is 2.90. The summed E-state index contributed by atoms with van der Waals surface area (Å²) >= 11 is 0. The number of anilines is 1. The lowest BCUT2D eigenvalue weighted by molar-refractivity contribution is -0.142. The lowest BCUT2D eigenvalue weighted by atomic mass is 9.84. The number of hydrogen-bond acceptors (Lipinski definition) is 5. The van der Waals surface area contributed by atoms with Crippen LogP contribution >= 0.6 is 0 Å². The van der Waals surface area contributed by atoms with E-state index >= 15 is 0 Å². The number of carboxylic acids is 1. The Kier molecular flexibility index (Phi) is 9.35. The molecule has 0 spiro atoms. The van der Waals surface area contributed by atoms with E-state index in [1.54, 1.807) is 61.2 Å². The van der Waals surface area contributed by atoms with Crippen LogP contribution in [0.1, 0.15) is 78.2 Å². The minimum absolute atomic E-state index is 0.216. The molecule has 0 radical (unpaired) electrons. The number of aliphatic carboxylic acids is 1. The van der Waals surface area contributed by atoms with E-state index in [9.17, 15) is 28.6 Å². The lowest BCUT2D eigenvalue weighted by Crippen LogP contribution is -2.48. The van der Waals surface area contributed by atoms with Crippen LogP contribution in [-0.4, -0.2) is 57.8 Å². The number of carbonyl (C=O) groups excluding carboxylic acids is 1. The van der Waals surface area contributed by atoms with Crippen LogP contribution in [0.3, 0.4) is 0 Å². The van der Waals surface area contributed by atoms with Crippen LogP contribution in [0, 0.1) is 5.92 Å². The minimum Gasteiger partial charge on any atom is -0.490 e. The van der Waals surface area contributed by atoms with E-state index in [2.05, 4.69) is 19.2 Å². The first-order valence-corrected chi connectivity index (χ1v) is 14.6. The van der Waals surface area contributed by atoms with Crippen molar-refractivity contribution in [3.05, 3.63) is 48.0 Å². The fraction of sp³-hybridized carbons (Fsp3) is 0.562. The molecule has 2 aliphatic rings. The Morgan fingerprint density at radius 3 is 2.17 bits per heavy atom. The monoisotopic (exact) mass is 588 g/mol. The van der Waals surface area contributed by atoms with Gasteiger partial charge in [-0.1, -0.05) is 26.0 Å². The number of likely N-dealkylation sites (tertiary alicyclic amines) is 1. The summed E-state index contributed by atoms with van der Waals surface area (Å²) in [4.78, 5) is 26.4. The fourth-order valence-electron chi connectivity index (χ4n) is 5.59. The van der Waals surface area contributed by atoms with Gasteiger partial charge in [0.25, 0.3) is 0 Å². The molecule has 10 heteroatoms. The zero-order chi connectivity index (χ0) is 30.7. The van der Waals surface area contributed by atoms with Crippen LogP contribution < -0.4 is 14.8 Å². The summed E-state index contributed by atoms with van der Waals surface area (Å²) in [5, 5.41) is 23.3. The normalized spacial score (nSPS) is 18.9. The Hall–Kier alpha value is -3.40. The van der Waals surface area contributed by atoms with Gasteiger partial charge >= 0.3 is 12.0 Å². The molecule has 1 saturated carbocycles. The fourth-order valence-corrected chi connectivity index (χ4v) is 5.59. The number of halogens is 2. The molecule has 2 aromatic carbocycles. The van der Waals surface area contributed by atoms with Crippen LogP contribution in [-0.2, 0) is 10.2 Å². The summed E-state index contributed by atoms with van der Waals surface area (Å²) in [7, 11) is 0. The second-order valence-electron chi connectivity index (χ2n) is 12.7. The maximum atomic E-state index is 13.7. The van der Waals surface area contributed by atoms with Crippen LogP contribution in [0.2, 0.25) is 0 Å². The molecule has 0 aromatic heterocycles. The van der Waals surface area contributed by atoms with Gasteiger partial charge in [0, 0.05) is 49.8 Å². The van der Waals surface area contributed by atoms with Gasteiger partial charge in [-0.25, -0.2) is 13.6 Å². The largest absolute Gasteiger partial charge is 0.490 e. The maximum Gasteiger partial charge on any atom is 0.321 e. The van der Waals surface area contributed by atoms with Gasteiger partial charge in [0.2, 0.25) is 5.92 Å². The number of piperidine rings is 1. The number of rotatable bonds is 9. The highest BCUT2D eigenvalue weighted by molar-refractivity contribution is 5.90. The molecule has 4 rings (SSSR count). The predicted molar refractivity (Wildman–Crippen MR) is 156 cm³/mol. The van der Waals surface area contributed by atoms with Gasteiger partial charge in [-0.3, -0.25) is 4.79 Å². The van der Waals surface area contributed by atoms with Crippen molar-refractivity contribution in [2.24, 2.45) is 5.92 Å². The first-order chi connectivity index (χ1) is 19.6. The Morgan fingerprint density at radius 2 is 1.60 bits per heavy atom. The van der Waals surface area contributed by atoms with Gasteiger partial charge in [-0.2, -0.15) is 0 Å². The third kappa shape index (κ3) is 8.12. The first-order valence-electron chi connectivity index (χ1n) is 14.6. The van der Waals surface area contributed by atoms with Gasteiger partial charge < -0.3 is 29.9 Å². The number of carbonyl (C=O) groups is 2. The summed E-state index contributed by atoms with van der Waals surface area (Å²) in [6.07, 6.45) is 1.24. The Bertz CT molecular complexity index is 1250. The highest BCUT2D eigenvalue weighted by Crippen LogP contribution is 2.37. The van der Waals surface area contributed by atoms with Gasteiger partial charge in [0.15, 0.2) is 0 Å². The van der Waals surface area contributed by atoms with Crippen molar-refractivity contribution in [2.75, 3.05) is 18.4 Å². The second-order valence-corrected chi connectivity index (χ2v) is 12.7. The predicted octanol–water partition coefficient (Wildman–Crippen LogP) is 7.20. The van der Waals surface area contributed by atoms with Crippen molar-refractivity contribution in [3.63, 3.8) is 0 Å². The minimum atomic E-state index is -2.68. The number of aliphatic hydroxyl groups is 1. The van der Waals surface area contributed by atoms with E-state index in [0.717, 1.165) is 0 Å². The molecule has 0 atom stereocenters. The maximum absolute atomic E-state index is 13.7. The zero-order valence-corrected chi connectivity index (χ0v) is 24.8. The van der Waals surface area contributed by atoms with E-state index in [0.29, 0.717) is 66.8 Å². The van der Waals surface area contributed by atoms with Crippen LogP contribution in [0.15, 0.2) is 42.5 Å². The molecule has 0 unspecified atom stereocenters. The van der Waals surface area contributed by atoms with Crippen LogP contribution in [0.4, 0.5) is 19.3 Å². The number of nitrogens with one attached hydrogen (secondary N) is 1. The molecule has 1 aliphatic heterocycles. The Labute approximate surface area is 246 Å². The number of urea groups is 1. The summed E-state index contributed by atoms with van der Waals surface area (Å²) in [5.41, 5.74) is -0.811. The SMILES string of the molecule is CC(C)CC1(O)CCN(C(=O)Nc2cc(Oc3ccc(C(C)(C)C(=O)O)cc3)cc(OC3CCC(F)(F)CC3)c2)CC1. The lowest BCUT2D eigenvalue weighted by Gasteiger charge is -2.39. The first kappa shape index (κ1) is 31.5. The summed E-state index contributed by atoms with van der Waals surface area (Å²) in [6, 6.07) is 11.3. The molecule has 0 bridgehead atoms. The third-order valence-electron chi connectivity index (χ3n) is 8.21. The van der Waals surface area contributed by atoms with Crippen molar-refractivity contribution in [2.45, 2.75) is 95.7 Å². The number of alkyl halides is 2. The topological polar surface area (TPSA) is 108 Å². The Balaban J connectivity index is 1.50. The van der Waals surface area contributed by atoms with Gasteiger partial charge in [0.05, 0.1) is 17.1 Å². The van der Waals surface area contributed by atoms with E-state index in [1.807, 2.05) is 0 Å². The van der Waals surface area contributed by atoms with E-state index < -0.39 is 22.9 Å². The van der Waals surface area contributed by atoms with Crippen molar-refractivity contribution in [1.29, 1.82) is 0 Å². The van der Waals surface area contributed by atoms with Crippen molar-refractivity contribution >= 4 is 17.7 Å². The van der Waals surface area contributed by atoms with Crippen molar-refractivity contribution < 1.29 is 38.1 Å². The molecule has 3 N–H and O–H groups in total. The summed E-state index contributed by atoms with van der Waals surface area (Å²) < 4.78 is 39.5. The molecule has 1 heterocycles. The van der Waals surface area contributed by atoms with Crippen LogP contribution in [0.5, 0.6) is 17.2 Å². The highest BCUT2D eigenvalue weighted by atomic mass is 19.3. The molecule has 230 valence electrons. The molecule has 2 amide bonds. The van der Waals surface area contributed by atoms with E-state index in [-0.39, 0.29) is 37.8 Å². The van der Waals surface area contributed by atoms with E-state index in [4.69, 9.17) is 9.47 Å². The Morgan fingerprint density at radius 1 is 1.00 bits per heavy atom. The highest BCUT2D eigenvalue weighted by Gasteiger charge is 2.36. The van der Waals surface area contributed by atoms with Gasteiger partial charge in [-0.05, 0) is 69.6 Å².